The molecule has 0 aliphatic heterocycles. The molecule has 0 bridgehead atoms. The molecule has 0 aliphatic rings. The molecule has 122 valence electrons. The van der Waals surface area contributed by atoms with Crippen LogP contribution in [-0.4, -0.2) is 23.7 Å². The number of aryl methyl sites for hydroxylation is 1. The van der Waals surface area contributed by atoms with Crippen LogP contribution in [0.2, 0.25) is 0 Å². The van der Waals surface area contributed by atoms with Gasteiger partial charge in [-0.15, -0.1) is 11.3 Å². The third-order valence-corrected chi connectivity index (χ3v) is 5.67. The summed E-state index contributed by atoms with van der Waals surface area (Å²) in [6.45, 7) is 2.07. The Bertz CT molecular complexity index is 813. The SMILES string of the molecule is Cc1ccc(-c2csc(SCC(=O)N(C)c3ccccc3)n2)cc1. The molecule has 1 heterocycles. The molecule has 5 heteroatoms. The number of aromatic nitrogens is 1. The molecule has 0 fully saturated rings. The Morgan fingerprint density at radius 2 is 1.83 bits per heavy atom. The minimum Gasteiger partial charge on any atom is -0.315 e. The molecule has 0 N–H and O–H groups in total. The summed E-state index contributed by atoms with van der Waals surface area (Å²) < 4.78 is 0.917. The number of benzene rings is 2. The molecular weight excluding hydrogens is 336 g/mol. The quantitative estimate of drug-likeness (QED) is 0.613. The lowest BCUT2D eigenvalue weighted by Crippen LogP contribution is -2.27. The van der Waals surface area contributed by atoms with Gasteiger partial charge < -0.3 is 4.90 Å². The average molecular weight is 354 g/mol. The molecule has 0 atom stereocenters. The van der Waals surface area contributed by atoms with E-state index in [9.17, 15) is 4.79 Å². The van der Waals surface area contributed by atoms with Crippen LogP contribution in [0.5, 0.6) is 0 Å². The maximum atomic E-state index is 12.3. The first-order chi connectivity index (χ1) is 11.6. The first-order valence-corrected chi connectivity index (χ1v) is 9.47. The van der Waals surface area contributed by atoms with E-state index in [1.165, 1.54) is 17.3 Å². The maximum absolute atomic E-state index is 12.3. The number of amides is 1. The van der Waals surface area contributed by atoms with E-state index in [0.717, 1.165) is 21.3 Å². The Morgan fingerprint density at radius 3 is 2.54 bits per heavy atom. The molecule has 1 aromatic heterocycles. The molecule has 0 aliphatic carbocycles. The normalized spacial score (nSPS) is 10.6. The van der Waals surface area contributed by atoms with Gasteiger partial charge >= 0.3 is 0 Å². The Labute approximate surface area is 150 Å². The van der Waals surface area contributed by atoms with Gasteiger partial charge in [0.1, 0.15) is 0 Å². The van der Waals surface area contributed by atoms with Crippen molar-refractivity contribution in [2.75, 3.05) is 17.7 Å². The third-order valence-electron chi connectivity index (χ3n) is 3.67. The lowest BCUT2D eigenvalue weighted by molar-refractivity contribution is -0.115. The second-order valence-corrected chi connectivity index (χ2v) is 7.52. The van der Waals surface area contributed by atoms with E-state index in [-0.39, 0.29) is 5.91 Å². The number of nitrogens with zero attached hydrogens (tertiary/aromatic N) is 2. The predicted molar refractivity (Wildman–Crippen MR) is 103 cm³/mol. The highest BCUT2D eigenvalue weighted by Gasteiger charge is 2.13. The van der Waals surface area contributed by atoms with Gasteiger partial charge in [0, 0.05) is 23.7 Å². The van der Waals surface area contributed by atoms with Crippen LogP contribution in [0.25, 0.3) is 11.3 Å². The molecule has 2 aromatic carbocycles. The van der Waals surface area contributed by atoms with Crippen molar-refractivity contribution in [2.24, 2.45) is 0 Å². The summed E-state index contributed by atoms with van der Waals surface area (Å²) in [7, 11) is 1.80. The second kappa shape index (κ2) is 7.64. The van der Waals surface area contributed by atoms with Crippen molar-refractivity contribution in [2.45, 2.75) is 11.3 Å². The molecule has 0 radical (unpaired) electrons. The van der Waals surface area contributed by atoms with Crippen molar-refractivity contribution < 1.29 is 4.79 Å². The number of thiazole rings is 1. The lowest BCUT2D eigenvalue weighted by atomic mass is 10.1. The monoisotopic (exact) mass is 354 g/mol. The van der Waals surface area contributed by atoms with Gasteiger partial charge in [-0.25, -0.2) is 4.98 Å². The summed E-state index contributed by atoms with van der Waals surface area (Å²) >= 11 is 3.07. The second-order valence-electron chi connectivity index (χ2n) is 5.44. The number of anilines is 1. The number of rotatable bonds is 5. The van der Waals surface area contributed by atoms with Gasteiger partial charge in [0.25, 0.3) is 0 Å². The van der Waals surface area contributed by atoms with E-state index in [4.69, 9.17) is 0 Å². The third kappa shape index (κ3) is 4.04. The molecule has 0 spiro atoms. The molecular formula is C19H18N2OS2. The summed E-state index contributed by atoms with van der Waals surface area (Å²) in [4.78, 5) is 18.6. The van der Waals surface area contributed by atoms with Crippen molar-refractivity contribution in [3.63, 3.8) is 0 Å². The Hall–Kier alpha value is -2.11. The zero-order valence-corrected chi connectivity index (χ0v) is 15.2. The van der Waals surface area contributed by atoms with Gasteiger partial charge in [-0.1, -0.05) is 59.8 Å². The van der Waals surface area contributed by atoms with Crippen LogP contribution in [0.15, 0.2) is 64.3 Å². The van der Waals surface area contributed by atoms with E-state index < -0.39 is 0 Å². The Balaban J connectivity index is 1.61. The van der Waals surface area contributed by atoms with E-state index >= 15 is 0 Å². The predicted octanol–water partition coefficient (Wildman–Crippen LogP) is 4.87. The lowest BCUT2D eigenvalue weighted by Gasteiger charge is -2.16. The number of hydrogen-bond acceptors (Lipinski definition) is 4. The van der Waals surface area contributed by atoms with Gasteiger partial charge in [-0.3, -0.25) is 4.79 Å². The fourth-order valence-corrected chi connectivity index (χ4v) is 3.95. The zero-order valence-electron chi connectivity index (χ0n) is 13.6. The summed E-state index contributed by atoms with van der Waals surface area (Å²) in [5, 5.41) is 2.04. The minimum absolute atomic E-state index is 0.0679. The Kier molecular flexibility index (Phi) is 5.33. The van der Waals surface area contributed by atoms with Gasteiger partial charge in [-0.05, 0) is 19.1 Å². The average Bonchev–Trinajstić information content (AvgIpc) is 3.09. The highest BCUT2D eigenvalue weighted by molar-refractivity contribution is 8.01. The fourth-order valence-electron chi connectivity index (χ4n) is 2.20. The van der Waals surface area contributed by atoms with E-state index in [0.29, 0.717) is 5.75 Å². The molecule has 24 heavy (non-hydrogen) atoms. The maximum Gasteiger partial charge on any atom is 0.237 e. The first kappa shape index (κ1) is 16.7. The topological polar surface area (TPSA) is 33.2 Å². The highest BCUT2D eigenvalue weighted by Crippen LogP contribution is 2.28. The first-order valence-electron chi connectivity index (χ1n) is 7.60. The van der Waals surface area contributed by atoms with Crippen LogP contribution in [0.1, 0.15) is 5.56 Å². The van der Waals surface area contributed by atoms with Crippen molar-refractivity contribution in [3.8, 4) is 11.3 Å². The number of hydrogen-bond donors (Lipinski definition) is 0. The fraction of sp³-hybridized carbons (Fsp3) is 0.158. The minimum atomic E-state index is 0.0679. The number of carbonyl (C=O) groups is 1. The summed E-state index contributed by atoms with van der Waals surface area (Å²) in [5.41, 5.74) is 4.21. The van der Waals surface area contributed by atoms with Crippen LogP contribution in [0, 0.1) is 6.92 Å². The van der Waals surface area contributed by atoms with Crippen LogP contribution in [-0.2, 0) is 4.79 Å². The standard InChI is InChI=1S/C19H18N2OS2/c1-14-8-10-15(11-9-14)17-12-23-19(20-17)24-13-18(22)21(2)16-6-4-3-5-7-16/h3-12H,13H2,1-2H3. The van der Waals surface area contributed by atoms with E-state index in [2.05, 4.69) is 36.2 Å². The zero-order chi connectivity index (χ0) is 16.9. The van der Waals surface area contributed by atoms with Gasteiger partial charge in [0.15, 0.2) is 4.34 Å². The van der Waals surface area contributed by atoms with Crippen molar-refractivity contribution in [3.05, 3.63) is 65.5 Å². The largest absolute Gasteiger partial charge is 0.315 e. The summed E-state index contributed by atoms with van der Waals surface area (Å²) in [6.07, 6.45) is 0. The summed E-state index contributed by atoms with van der Waals surface area (Å²) in [5.74, 6) is 0.449. The van der Waals surface area contributed by atoms with Gasteiger partial charge in [-0.2, -0.15) is 0 Å². The van der Waals surface area contributed by atoms with Crippen molar-refractivity contribution >= 4 is 34.7 Å². The highest BCUT2D eigenvalue weighted by atomic mass is 32.2. The molecule has 3 nitrogen and oxygen atoms in total. The van der Waals surface area contributed by atoms with Crippen molar-refractivity contribution in [1.29, 1.82) is 0 Å². The molecule has 0 unspecified atom stereocenters. The van der Waals surface area contributed by atoms with Crippen LogP contribution in [0.4, 0.5) is 5.69 Å². The summed E-state index contributed by atoms with van der Waals surface area (Å²) in [6, 6.07) is 18.0. The van der Waals surface area contributed by atoms with Crippen molar-refractivity contribution in [1.82, 2.24) is 4.98 Å². The van der Waals surface area contributed by atoms with Crippen LogP contribution >= 0.6 is 23.1 Å². The molecule has 0 saturated carbocycles. The van der Waals surface area contributed by atoms with Crippen LogP contribution in [0.3, 0.4) is 0 Å². The van der Waals surface area contributed by atoms with Gasteiger partial charge in [0.05, 0.1) is 11.4 Å². The Morgan fingerprint density at radius 1 is 1.12 bits per heavy atom. The smallest absolute Gasteiger partial charge is 0.237 e. The van der Waals surface area contributed by atoms with E-state index in [1.54, 1.807) is 23.3 Å². The molecule has 0 saturated heterocycles. The van der Waals surface area contributed by atoms with Crippen LogP contribution < -0.4 is 4.90 Å². The van der Waals surface area contributed by atoms with Gasteiger partial charge in [0.2, 0.25) is 5.91 Å². The van der Waals surface area contributed by atoms with E-state index in [1.807, 2.05) is 35.7 Å². The molecule has 1 amide bonds. The molecule has 3 rings (SSSR count). The number of para-hydroxylation sites is 1. The number of carbonyl (C=O) groups excluding carboxylic acids is 1. The number of thioether (sulfide) groups is 1. The molecule has 3 aromatic rings.